The van der Waals surface area contributed by atoms with Crippen LogP contribution in [0.4, 0.5) is 10.1 Å². The standard InChI is InChI=1S/C11H12FNO2/c12-9-1-3-10(4-2-9)13-6-5-8(7-13)11(14)15/h1-4,8H,5-7H2,(H,14,15)/t8-/m1/s1. The van der Waals surface area contributed by atoms with Crippen molar-refractivity contribution in [3.63, 3.8) is 0 Å². The van der Waals surface area contributed by atoms with Crippen molar-refractivity contribution in [3.05, 3.63) is 30.1 Å². The zero-order chi connectivity index (χ0) is 10.8. The fourth-order valence-corrected chi connectivity index (χ4v) is 1.85. The lowest BCUT2D eigenvalue weighted by atomic mass is 10.1. The predicted octanol–water partition coefficient (Wildman–Crippen LogP) is 1.74. The van der Waals surface area contributed by atoms with Crippen LogP contribution in [0.5, 0.6) is 0 Å². The van der Waals surface area contributed by atoms with Crippen molar-refractivity contribution in [1.82, 2.24) is 0 Å². The molecule has 1 aliphatic rings. The Morgan fingerprint density at radius 2 is 2.07 bits per heavy atom. The highest BCUT2D eigenvalue weighted by molar-refractivity contribution is 5.72. The number of carboxylic acid groups (broad SMARTS) is 1. The summed E-state index contributed by atoms with van der Waals surface area (Å²) in [5.41, 5.74) is 0.889. The normalized spacial score (nSPS) is 20.6. The molecule has 1 aliphatic heterocycles. The van der Waals surface area contributed by atoms with E-state index in [0.717, 1.165) is 12.2 Å². The molecule has 0 radical (unpaired) electrons. The van der Waals surface area contributed by atoms with E-state index in [1.807, 2.05) is 4.90 Å². The number of carbonyl (C=O) groups is 1. The van der Waals surface area contributed by atoms with Crippen molar-refractivity contribution in [1.29, 1.82) is 0 Å². The van der Waals surface area contributed by atoms with Crippen LogP contribution in [0.1, 0.15) is 6.42 Å². The van der Waals surface area contributed by atoms with E-state index in [9.17, 15) is 9.18 Å². The smallest absolute Gasteiger partial charge is 0.308 e. The number of hydrogen-bond donors (Lipinski definition) is 1. The number of hydrogen-bond acceptors (Lipinski definition) is 2. The summed E-state index contributed by atoms with van der Waals surface area (Å²) in [6, 6.07) is 6.14. The minimum absolute atomic E-state index is 0.271. The molecule has 3 nitrogen and oxygen atoms in total. The van der Waals surface area contributed by atoms with Crippen LogP contribution >= 0.6 is 0 Å². The van der Waals surface area contributed by atoms with Crippen molar-refractivity contribution < 1.29 is 14.3 Å². The molecule has 1 heterocycles. The van der Waals surface area contributed by atoms with Gasteiger partial charge >= 0.3 is 5.97 Å². The van der Waals surface area contributed by atoms with Gasteiger partial charge in [0.1, 0.15) is 5.82 Å². The molecule has 0 saturated carbocycles. The SMILES string of the molecule is O=C(O)[C@@H]1CCN(c2ccc(F)cc2)C1. The van der Waals surface area contributed by atoms with Gasteiger partial charge < -0.3 is 10.0 Å². The summed E-state index contributed by atoms with van der Waals surface area (Å²) < 4.78 is 12.7. The summed E-state index contributed by atoms with van der Waals surface area (Å²) in [7, 11) is 0. The summed E-state index contributed by atoms with van der Waals surface area (Å²) >= 11 is 0. The number of nitrogens with zero attached hydrogens (tertiary/aromatic N) is 1. The summed E-state index contributed by atoms with van der Waals surface area (Å²) in [6.07, 6.45) is 0.659. The van der Waals surface area contributed by atoms with E-state index < -0.39 is 5.97 Å². The lowest BCUT2D eigenvalue weighted by molar-refractivity contribution is -0.140. The molecular weight excluding hydrogens is 197 g/mol. The maximum atomic E-state index is 12.7. The van der Waals surface area contributed by atoms with Crippen molar-refractivity contribution in [2.24, 2.45) is 5.92 Å². The molecule has 2 rings (SSSR count). The summed E-state index contributed by atoms with van der Waals surface area (Å²) in [5, 5.41) is 8.84. The van der Waals surface area contributed by atoms with Crippen molar-refractivity contribution in [2.75, 3.05) is 18.0 Å². The van der Waals surface area contributed by atoms with Crippen LogP contribution in [0.25, 0.3) is 0 Å². The van der Waals surface area contributed by atoms with Gasteiger partial charge in [-0.25, -0.2) is 4.39 Å². The number of anilines is 1. The molecule has 0 aromatic heterocycles. The third-order valence-electron chi connectivity index (χ3n) is 2.73. The first-order valence-electron chi connectivity index (χ1n) is 4.90. The number of aliphatic carboxylic acids is 1. The van der Waals surface area contributed by atoms with Gasteiger partial charge in [-0.1, -0.05) is 0 Å². The molecule has 1 fully saturated rings. The van der Waals surface area contributed by atoms with Crippen LogP contribution in [-0.2, 0) is 4.79 Å². The maximum absolute atomic E-state index is 12.7. The lowest BCUT2D eigenvalue weighted by Gasteiger charge is -2.17. The molecule has 1 saturated heterocycles. The first kappa shape index (κ1) is 9.96. The zero-order valence-electron chi connectivity index (χ0n) is 8.19. The highest BCUT2D eigenvalue weighted by atomic mass is 19.1. The Kier molecular flexibility index (Phi) is 2.58. The average Bonchev–Trinajstić information content (AvgIpc) is 2.68. The van der Waals surface area contributed by atoms with E-state index >= 15 is 0 Å². The second-order valence-electron chi connectivity index (χ2n) is 3.75. The van der Waals surface area contributed by atoms with Crippen LogP contribution < -0.4 is 4.90 Å². The minimum atomic E-state index is -0.750. The molecule has 0 spiro atoms. The Morgan fingerprint density at radius 1 is 1.40 bits per heavy atom. The van der Waals surface area contributed by atoms with Gasteiger partial charge in [-0.05, 0) is 30.7 Å². The van der Waals surface area contributed by atoms with Crippen LogP contribution in [-0.4, -0.2) is 24.2 Å². The molecule has 0 amide bonds. The molecular formula is C11H12FNO2. The Labute approximate surface area is 87.1 Å². The van der Waals surface area contributed by atoms with Gasteiger partial charge in [0.25, 0.3) is 0 Å². The molecule has 1 atom stereocenters. The summed E-state index contributed by atoms with van der Waals surface area (Å²) in [6.45, 7) is 1.24. The first-order valence-corrected chi connectivity index (χ1v) is 4.90. The van der Waals surface area contributed by atoms with Gasteiger partial charge in [0.2, 0.25) is 0 Å². The van der Waals surface area contributed by atoms with Crippen molar-refractivity contribution in [2.45, 2.75) is 6.42 Å². The van der Waals surface area contributed by atoms with Crippen molar-refractivity contribution in [3.8, 4) is 0 Å². The monoisotopic (exact) mass is 209 g/mol. The molecule has 1 N–H and O–H groups in total. The van der Waals surface area contributed by atoms with Gasteiger partial charge in [0.05, 0.1) is 5.92 Å². The fraction of sp³-hybridized carbons (Fsp3) is 0.364. The Bertz CT molecular complexity index is 363. The van der Waals surface area contributed by atoms with E-state index in [1.165, 1.54) is 12.1 Å². The van der Waals surface area contributed by atoms with Crippen LogP contribution in [0, 0.1) is 11.7 Å². The van der Waals surface area contributed by atoms with E-state index in [4.69, 9.17) is 5.11 Å². The van der Waals surface area contributed by atoms with Crippen LogP contribution in [0.15, 0.2) is 24.3 Å². The number of carboxylic acids is 1. The topological polar surface area (TPSA) is 40.5 Å². The summed E-state index contributed by atoms with van der Waals surface area (Å²) in [5.74, 6) is -1.32. The Morgan fingerprint density at radius 3 is 2.60 bits per heavy atom. The van der Waals surface area contributed by atoms with Gasteiger partial charge in [0.15, 0.2) is 0 Å². The van der Waals surface area contributed by atoms with Gasteiger partial charge in [-0.2, -0.15) is 0 Å². The highest BCUT2D eigenvalue weighted by Gasteiger charge is 2.27. The van der Waals surface area contributed by atoms with E-state index in [0.29, 0.717) is 13.0 Å². The quantitative estimate of drug-likeness (QED) is 0.806. The third kappa shape index (κ3) is 2.09. The number of benzene rings is 1. The van der Waals surface area contributed by atoms with Gasteiger partial charge in [0, 0.05) is 18.8 Å². The molecule has 15 heavy (non-hydrogen) atoms. The van der Waals surface area contributed by atoms with Gasteiger partial charge in [-0.3, -0.25) is 4.79 Å². The van der Waals surface area contributed by atoms with Gasteiger partial charge in [-0.15, -0.1) is 0 Å². The third-order valence-corrected chi connectivity index (χ3v) is 2.73. The van der Waals surface area contributed by atoms with E-state index in [1.54, 1.807) is 12.1 Å². The minimum Gasteiger partial charge on any atom is -0.481 e. The highest BCUT2D eigenvalue weighted by Crippen LogP contribution is 2.23. The van der Waals surface area contributed by atoms with Crippen LogP contribution in [0.2, 0.25) is 0 Å². The second kappa shape index (κ2) is 3.88. The number of halogens is 1. The molecule has 0 unspecified atom stereocenters. The second-order valence-corrected chi connectivity index (χ2v) is 3.75. The lowest BCUT2D eigenvalue weighted by Crippen LogP contribution is -2.22. The Balaban J connectivity index is 2.07. The van der Waals surface area contributed by atoms with Crippen LogP contribution in [0.3, 0.4) is 0 Å². The molecule has 4 heteroatoms. The number of rotatable bonds is 2. The van der Waals surface area contributed by atoms with Crippen molar-refractivity contribution >= 4 is 11.7 Å². The first-order chi connectivity index (χ1) is 7.16. The fourth-order valence-electron chi connectivity index (χ4n) is 1.85. The summed E-state index contributed by atoms with van der Waals surface area (Å²) in [4.78, 5) is 12.7. The molecule has 0 bridgehead atoms. The maximum Gasteiger partial charge on any atom is 0.308 e. The average molecular weight is 209 g/mol. The predicted molar refractivity (Wildman–Crippen MR) is 54.4 cm³/mol. The van der Waals surface area contributed by atoms with E-state index in [2.05, 4.69) is 0 Å². The van der Waals surface area contributed by atoms with E-state index in [-0.39, 0.29) is 11.7 Å². The molecule has 1 aromatic carbocycles. The molecule has 0 aliphatic carbocycles. The molecule has 1 aromatic rings. The Hall–Kier alpha value is -1.58. The zero-order valence-corrected chi connectivity index (χ0v) is 8.19. The molecule has 80 valence electrons. The largest absolute Gasteiger partial charge is 0.481 e.